The molecule has 0 unspecified atom stereocenters. The molecule has 0 N–H and O–H groups in total. The Morgan fingerprint density at radius 1 is 0.838 bits per heavy atom. The zero-order chi connectivity index (χ0) is 25.7. The highest BCUT2D eigenvalue weighted by Gasteiger charge is 2.24. The van der Waals surface area contributed by atoms with Crippen LogP contribution in [0.15, 0.2) is 95.9 Å². The summed E-state index contributed by atoms with van der Waals surface area (Å²) < 4.78 is 39.8. The molecular weight excluding hydrogens is 484 g/mol. The van der Waals surface area contributed by atoms with E-state index in [1.807, 2.05) is 79.2 Å². The van der Waals surface area contributed by atoms with Gasteiger partial charge in [0.2, 0.25) is 5.88 Å². The second-order valence-electron chi connectivity index (χ2n) is 9.00. The second-order valence-corrected chi connectivity index (χ2v) is 10.5. The van der Waals surface area contributed by atoms with Crippen LogP contribution in [0.5, 0.6) is 11.6 Å². The number of aryl methyl sites for hydroxylation is 2. The lowest BCUT2D eigenvalue weighted by Gasteiger charge is -2.15. The number of nitrogens with zero attached hydrogens (tertiary/aromatic N) is 2. The van der Waals surface area contributed by atoms with Gasteiger partial charge >= 0.3 is 10.1 Å². The molecule has 6 nitrogen and oxygen atoms in total. The summed E-state index contributed by atoms with van der Waals surface area (Å²) in [6, 6.07) is 28.3. The lowest BCUT2D eigenvalue weighted by molar-refractivity contribution is 0.417. The van der Waals surface area contributed by atoms with Crippen molar-refractivity contribution in [2.45, 2.75) is 11.8 Å². The van der Waals surface area contributed by atoms with Crippen molar-refractivity contribution in [3.63, 3.8) is 0 Å². The lowest BCUT2D eigenvalue weighted by atomic mass is 9.95. The van der Waals surface area contributed by atoms with Crippen molar-refractivity contribution in [3.05, 3.63) is 96.6 Å². The smallest absolute Gasteiger partial charge is 0.340 e. The molecule has 2 aromatic heterocycles. The van der Waals surface area contributed by atoms with Gasteiger partial charge in [-0.2, -0.15) is 13.4 Å². The van der Waals surface area contributed by atoms with Crippen LogP contribution in [0.4, 0.5) is 0 Å². The zero-order valence-electron chi connectivity index (χ0n) is 20.6. The summed E-state index contributed by atoms with van der Waals surface area (Å²) in [6.45, 7) is 1.90. The number of aromatic nitrogens is 2. The monoisotopic (exact) mass is 508 g/mol. The molecule has 0 aliphatic carbocycles. The summed E-state index contributed by atoms with van der Waals surface area (Å²) in [5, 5.41) is 3.92. The van der Waals surface area contributed by atoms with Gasteiger partial charge in [0.1, 0.15) is 16.3 Å². The molecule has 0 spiro atoms. The van der Waals surface area contributed by atoms with E-state index < -0.39 is 10.1 Å². The molecule has 0 atom stereocenters. The van der Waals surface area contributed by atoms with Gasteiger partial charge in [-0.15, -0.1) is 0 Å². The van der Waals surface area contributed by atoms with E-state index in [1.54, 1.807) is 25.3 Å². The Labute approximate surface area is 214 Å². The molecule has 0 amide bonds. The third-order valence-corrected chi connectivity index (χ3v) is 7.95. The van der Waals surface area contributed by atoms with Crippen molar-refractivity contribution >= 4 is 42.8 Å². The van der Waals surface area contributed by atoms with E-state index in [0.717, 1.165) is 43.8 Å². The standard InChI is InChI=1S/C30H24N2O4S/c1-19-12-15-21(16-13-19)37(33,34)36-27-18-24(28-22-9-5-4-8-20(22)14-17-26(28)35-3)29-23-10-6-7-11-25(23)32(2)30(29)31-27/h4-18H,1-3H3. The minimum Gasteiger partial charge on any atom is -0.496 e. The van der Waals surface area contributed by atoms with Crippen molar-refractivity contribution in [1.82, 2.24) is 9.55 Å². The fourth-order valence-electron chi connectivity index (χ4n) is 4.91. The maximum Gasteiger partial charge on any atom is 0.340 e. The van der Waals surface area contributed by atoms with E-state index in [2.05, 4.69) is 4.98 Å². The van der Waals surface area contributed by atoms with Gasteiger partial charge in [0, 0.05) is 35.0 Å². The highest BCUT2D eigenvalue weighted by Crippen LogP contribution is 2.44. The highest BCUT2D eigenvalue weighted by molar-refractivity contribution is 7.87. The Morgan fingerprint density at radius 2 is 1.54 bits per heavy atom. The molecule has 6 aromatic rings. The molecule has 7 heteroatoms. The van der Waals surface area contributed by atoms with Crippen LogP contribution in [0.1, 0.15) is 5.56 Å². The number of fused-ring (bicyclic) bond motifs is 4. The Bertz CT molecular complexity index is 1920. The maximum atomic E-state index is 13.2. The largest absolute Gasteiger partial charge is 0.496 e. The van der Waals surface area contributed by atoms with Gasteiger partial charge in [-0.3, -0.25) is 0 Å². The Balaban J connectivity index is 1.68. The van der Waals surface area contributed by atoms with Crippen LogP contribution in [0.3, 0.4) is 0 Å². The molecule has 0 aliphatic heterocycles. The molecule has 184 valence electrons. The first-order chi connectivity index (χ1) is 17.9. The normalized spacial score (nSPS) is 11.9. The first kappa shape index (κ1) is 23.1. The fraction of sp³-hybridized carbons (Fsp3) is 0.100. The number of ether oxygens (including phenoxy) is 1. The molecule has 0 fully saturated rings. The minimum atomic E-state index is -4.10. The van der Waals surface area contributed by atoms with Crippen LogP contribution >= 0.6 is 0 Å². The average Bonchev–Trinajstić information content (AvgIpc) is 3.19. The molecular formula is C30H24N2O4S. The number of methoxy groups -OCH3 is 1. The number of hydrogen-bond donors (Lipinski definition) is 0. The van der Waals surface area contributed by atoms with E-state index in [9.17, 15) is 8.42 Å². The van der Waals surface area contributed by atoms with Crippen molar-refractivity contribution < 1.29 is 17.3 Å². The van der Waals surface area contributed by atoms with E-state index in [0.29, 0.717) is 11.4 Å². The van der Waals surface area contributed by atoms with Crippen LogP contribution < -0.4 is 8.92 Å². The Morgan fingerprint density at radius 3 is 2.30 bits per heavy atom. The molecule has 0 aliphatic rings. The van der Waals surface area contributed by atoms with E-state index in [1.165, 1.54) is 12.1 Å². The number of benzene rings is 4. The molecule has 0 radical (unpaired) electrons. The second kappa shape index (κ2) is 8.64. The predicted octanol–water partition coefficient (Wildman–Crippen LogP) is 6.63. The van der Waals surface area contributed by atoms with Crippen LogP contribution in [0.2, 0.25) is 0 Å². The minimum absolute atomic E-state index is 0.0102. The molecule has 37 heavy (non-hydrogen) atoms. The van der Waals surface area contributed by atoms with Gasteiger partial charge in [0.15, 0.2) is 0 Å². The van der Waals surface area contributed by atoms with Gasteiger partial charge in [0.05, 0.1) is 12.6 Å². The Hall–Kier alpha value is -4.36. The highest BCUT2D eigenvalue weighted by atomic mass is 32.2. The molecule has 0 bridgehead atoms. The summed E-state index contributed by atoms with van der Waals surface area (Å²) in [6.07, 6.45) is 0. The fourth-order valence-corrected chi connectivity index (χ4v) is 5.79. The third-order valence-electron chi connectivity index (χ3n) is 6.71. The molecule has 4 aromatic carbocycles. The number of hydrogen-bond acceptors (Lipinski definition) is 5. The number of rotatable bonds is 5. The summed E-state index contributed by atoms with van der Waals surface area (Å²) >= 11 is 0. The van der Waals surface area contributed by atoms with Crippen molar-refractivity contribution in [2.24, 2.45) is 7.05 Å². The number of pyridine rings is 1. The zero-order valence-corrected chi connectivity index (χ0v) is 21.4. The first-order valence-electron chi connectivity index (χ1n) is 11.8. The van der Waals surface area contributed by atoms with Gasteiger partial charge in [-0.05, 0) is 42.0 Å². The van der Waals surface area contributed by atoms with E-state index in [-0.39, 0.29) is 10.8 Å². The van der Waals surface area contributed by atoms with E-state index >= 15 is 0 Å². The lowest BCUT2D eigenvalue weighted by Crippen LogP contribution is -2.11. The average molecular weight is 509 g/mol. The quantitative estimate of drug-likeness (QED) is 0.244. The predicted molar refractivity (Wildman–Crippen MR) is 147 cm³/mol. The van der Waals surface area contributed by atoms with Crippen LogP contribution in [0.25, 0.3) is 43.8 Å². The summed E-state index contributed by atoms with van der Waals surface area (Å²) in [4.78, 5) is 4.75. The maximum absolute atomic E-state index is 13.2. The number of para-hydroxylation sites is 1. The first-order valence-corrected chi connectivity index (χ1v) is 13.2. The molecule has 0 saturated carbocycles. The van der Waals surface area contributed by atoms with Gasteiger partial charge in [-0.1, -0.05) is 66.2 Å². The third kappa shape index (κ3) is 3.79. The topological polar surface area (TPSA) is 70.4 Å². The van der Waals surface area contributed by atoms with E-state index in [4.69, 9.17) is 8.92 Å². The van der Waals surface area contributed by atoms with Gasteiger partial charge < -0.3 is 13.5 Å². The molecule has 6 rings (SSSR count). The summed E-state index contributed by atoms with van der Waals surface area (Å²) in [5.41, 5.74) is 4.18. The SMILES string of the molecule is COc1ccc2ccccc2c1-c1cc(OS(=O)(=O)c2ccc(C)cc2)nc2c1c1ccccc1n2C. The van der Waals surface area contributed by atoms with Crippen LogP contribution in [-0.4, -0.2) is 25.1 Å². The van der Waals surface area contributed by atoms with Gasteiger partial charge in [0.25, 0.3) is 0 Å². The van der Waals surface area contributed by atoms with Crippen LogP contribution in [-0.2, 0) is 17.2 Å². The van der Waals surface area contributed by atoms with Crippen molar-refractivity contribution in [2.75, 3.05) is 7.11 Å². The molecule has 2 heterocycles. The van der Waals surface area contributed by atoms with Crippen molar-refractivity contribution in [3.8, 4) is 22.8 Å². The Kier molecular flexibility index (Phi) is 5.38. The van der Waals surface area contributed by atoms with Crippen molar-refractivity contribution in [1.29, 1.82) is 0 Å². The molecule has 0 saturated heterocycles. The summed E-state index contributed by atoms with van der Waals surface area (Å²) in [7, 11) is -0.552. The summed E-state index contributed by atoms with van der Waals surface area (Å²) in [5.74, 6) is 0.662. The van der Waals surface area contributed by atoms with Crippen LogP contribution in [0, 0.1) is 6.92 Å². The van der Waals surface area contributed by atoms with Gasteiger partial charge in [-0.25, -0.2) is 0 Å².